The molecule has 0 bridgehead atoms. The van der Waals surface area contributed by atoms with Gasteiger partial charge in [0.15, 0.2) is 5.75 Å². The van der Waals surface area contributed by atoms with Gasteiger partial charge in [-0.3, -0.25) is 14.9 Å². The van der Waals surface area contributed by atoms with Gasteiger partial charge in [-0.1, -0.05) is 41.5 Å². The summed E-state index contributed by atoms with van der Waals surface area (Å²) in [5.74, 6) is -1.82. The minimum Gasteiger partial charge on any atom is -0.433 e. The van der Waals surface area contributed by atoms with Crippen molar-refractivity contribution in [2.24, 2.45) is 10.8 Å². The number of nitro benzene ring substituents is 1. The molecule has 0 aromatic heterocycles. The van der Waals surface area contributed by atoms with E-state index in [0.29, 0.717) is 13.1 Å². The molecule has 208 valence electrons. The van der Waals surface area contributed by atoms with E-state index in [-0.39, 0.29) is 24.4 Å². The number of nitro groups is 1. The summed E-state index contributed by atoms with van der Waals surface area (Å²) in [6.07, 6.45) is -1.35. The molecule has 0 radical (unpaired) electrons. The van der Waals surface area contributed by atoms with Gasteiger partial charge >= 0.3 is 18.0 Å². The van der Waals surface area contributed by atoms with Gasteiger partial charge in [0, 0.05) is 19.2 Å². The summed E-state index contributed by atoms with van der Waals surface area (Å²) < 4.78 is 20.4. The highest BCUT2D eigenvalue weighted by Gasteiger charge is 2.29. The van der Waals surface area contributed by atoms with E-state index in [1.54, 1.807) is 40.7 Å². The second-order valence-electron chi connectivity index (χ2n) is 10.7. The van der Waals surface area contributed by atoms with Gasteiger partial charge in [0.2, 0.25) is 0 Å². The summed E-state index contributed by atoms with van der Waals surface area (Å²) in [5.41, 5.74) is -1.91. The zero-order valence-corrected chi connectivity index (χ0v) is 23.1. The van der Waals surface area contributed by atoms with Crippen molar-refractivity contribution in [3.8, 4) is 17.6 Å². The van der Waals surface area contributed by atoms with Crippen molar-refractivity contribution in [2.75, 3.05) is 26.3 Å². The minimum atomic E-state index is -1.26. The Kier molecular flexibility index (Phi) is 11.3. The molecule has 1 aromatic carbocycles. The van der Waals surface area contributed by atoms with Crippen LogP contribution >= 0.6 is 0 Å². The first-order valence-electron chi connectivity index (χ1n) is 11.9. The highest BCUT2D eigenvalue weighted by Crippen LogP contribution is 2.40. The molecule has 1 rings (SSSR count). The van der Waals surface area contributed by atoms with E-state index in [9.17, 15) is 29.8 Å². The molecule has 12 nitrogen and oxygen atoms in total. The number of carbonyl (C=O) groups excluding carboxylic acids is 3. The molecule has 0 unspecified atom stereocenters. The minimum absolute atomic E-state index is 0.0252. The van der Waals surface area contributed by atoms with Gasteiger partial charge in [0.25, 0.3) is 11.7 Å². The van der Waals surface area contributed by atoms with E-state index in [0.717, 1.165) is 18.2 Å². The molecule has 0 heterocycles. The Morgan fingerprint density at radius 3 is 1.89 bits per heavy atom. The number of amides is 1. The van der Waals surface area contributed by atoms with Crippen molar-refractivity contribution < 1.29 is 38.3 Å². The fourth-order valence-corrected chi connectivity index (χ4v) is 2.78. The van der Waals surface area contributed by atoms with Crippen LogP contribution < -0.4 is 9.47 Å². The standard InChI is InChI=1S/C26H35N3O9/c1-9-28(10-2)22(30)18(14-27)11-17-12-19(29(33)34)21(38-24(32)36-16-26(6,7)8)20(13-17)37-23(31)35-15-25(3,4)5/h11-13H,9-10,15-16H2,1-8H3. The average molecular weight is 534 g/mol. The SMILES string of the molecule is CCN(CC)C(=O)C(C#N)=Cc1cc(OC(=O)OCC(C)(C)C)c(OC(=O)OCC(C)(C)C)c([N+](=O)[O-])c1. The van der Waals surface area contributed by atoms with Crippen LogP contribution in [0, 0.1) is 32.3 Å². The number of hydrogen-bond acceptors (Lipinski definition) is 10. The summed E-state index contributed by atoms with van der Waals surface area (Å²) in [6, 6.07) is 3.88. The van der Waals surface area contributed by atoms with Gasteiger partial charge in [-0.05, 0) is 42.4 Å². The van der Waals surface area contributed by atoms with Crippen LogP contribution in [0.4, 0.5) is 15.3 Å². The molecular formula is C26H35N3O9. The number of carbonyl (C=O) groups is 3. The zero-order valence-electron chi connectivity index (χ0n) is 23.1. The van der Waals surface area contributed by atoms with Crippen LogP contribution in [0.2, 0.25) is 0 Å². The van der Waals surface area contributed by atoms with Crippen LogP contribution in [0.5, 0.6) is 11.5 Å². The molecule has 0 atom stereocenters. The van der Waals surface area contributed by atoms with E-state index in [4.69, 9.17) is 18.9 Å². The molecule has 0 aliphatic heterocycles. The predicted molar refractivity (Wildman–Crippen MR) is 137 cm³/mol. The van der Waals surface area contributed by atoms with Crippen LogP contribution in [0.15, 0.2) is 17.7 Å². The van der Waals surface area contributed by atoms with Crippen LogP contribution in [-0.4, -0.2) is 54.3 Å². The van der Waals surface area contributed by atoms with E-state index < -0.39 is 51.2 Å². The fourth-order valence-electron chi connectivity index (χ4n) is 2.78. The van der Waals surface area contributed by atoms with E-state index in [2.05, 4.69) is 0 Å². The normalized spacial score (nSPS) is 11.7. The number of rotatable bonds is 9. The Hall–Kier alpha value is -4.14. The molecule has 0 saturated heterocycles. The number of ether oxygens (including phenoxy) is 4. The highest BCUT2D eigenvalue weighted by molar-refractivity contribution is 6.01. The second kappa shape index (κ2) is 13.4. The molecule has 0 aliphatic rings. The molecular weight excluding hydrogens is 498 g/mol. The first-order chi connectivity index (χ1) is 17.5. The number of hydrogen-bond donors (Lipinski definition) is 0. The van der Waals surface area contributed by atoms with Gasteiger partial charge in [-0.2, -0.15) is 5.26 Å². The van der Waals surface area contributed by atoms with Crippen molar-refractivity contribution in [3.63, 3.8) is 0 Å². The number of benzene rings is 1. The first kappa shape index (κ1) is 31.9. The molecule has 1 aromatic rings. The molecule has 38 heavy (non-hydrogen) atoms. The molecule has 0 N–H and O–H groups in total. The van der Waals surface area contributed by atoms with Crippen LogP contribution in [0.25, 0.3) is 6.08 Å². The zero-order chi connectivity index (χ0) is 29.3. The molecule has 1 amide bonds. The molecule has 0 spiro atoms. The van der Waals surface area contributed by atoms with E-state index >= 15 is 0 Å². The Labute approximate surface area is 222 Å². The Morgan fingerprint density at radius 2 is 1.47 bits per heavy atom. The van der Waals surface area contributed by atoms with Crippen LogP contribution in [0.3, 0.4) is 0 Å². The van der Waals surface area contributed by atoms with Gasteiger partial charge in [-0.25, -0.2) is 9.59 Å². The van der Waals surface area contributed by atoms with Gasteiger partial charge in [0.1, 0.15) is 11.6 Å². The summed E-state index contributed by atoms with van der Waals surface area (Å²) in [7, 11) is 0. The molecule has 12 heteroatoms. The third-order valence-electron chi connectivity index (χ3n) is 4.59. The average Bonchev–Trinajstić information content (AvgIpc) is 2.80. The number of nitrogens with zero attached hydrogens (tertiary/aromatic N) is 3. The Morgan fingerprint density at radius 1 is 0.974 bits per heavy atom. The maximum absolute atomic E-state index is 12.7. The van der Waals surface area contributed by atoms with Crippen molar-refractivity contribution in [1.82, 2.24) is 4.90 Å². The third kappa shape index (κ3) is 10.5. The summed E-state index contributed by atoms with van der Waals surface area (Å²) >= 11 is 0. The first-order valence-corrected chi connectivity index (χ1v) is 11.9. The van der Waals surface area contributed by atoms with Crippen molar-refractivity contribution in [1.29, 1.82) is 5.26 Å². The van der Waals surface area contributed by atoms with Crippen molar-refractivity contribution in [2.45, 2.75) is 55.4 Å². The summed E-state index contributed by atoms with van der Waals surface area (Å²) in [6.45, 7) is 14.9. The molecule has 0 aliphatic carbocycles. The second-order valence-corrected chi connectivity index (χ2v) is 10.7. The van der Waals surface area contributed by atoms with E-state index in [1.165, 1.54) is 4.90 Å². The van der Waals surface area contributed by atoms with E-state index in [1.807, 2.05) is 20.8 Å². The Balaban J connectivity index is 3.60. The van der Waals surface area contributed by atoms with Gasteiger partial charge in [-0.15, -0.1) is 0 Å². The topological polar surface area (TPSA) is 158 Å². The summed E-state index contributed by atoms with van der Waals surface area (Å²) in [5, 5.41) is 21.4. The number of likely N-dealkylation sites (N-methyl/N-ethyl adjacent to an activating group) is 1. The monoisotopic (exact) mass is 533 g/mol. The lowest BCUT2D eigenvalue weighted by Gasteiger charge is -2.19. The maximum atomic E-state index is 12.7. The van der Waals surface area contributed by atoms with Crippen LogP contribution in [0.1, 0.15) is 61.0 Å². The predicted octanol–water partition coefficient (Wildman–Crippen LogP) is 5.49. The lowest BCUT2D eigenvalue weighted by molar-refractivity contribution is -0.385. The lowest BCUT2D eigenvalue weighted by Crippen LogP contribution is -2.31. The maximum Gasteiger partial charge on any atom is 0.514 e. The third-order valence-corrected chi connectivity index (χ3v) is 4.59. The molecule has 0 fully saturated rings. The quantitative estimate of drug-likeness (QED) is 0.0991. The van der Waals surface area contributed by atoms with Crippen molar-refractivity contribution in [3.05, 3.63) is 33.4 Å². The highest BCUT2D eigenvalue weighted by atomic mass is 16.7. The lowest BCUT2D eigenvalue weighted by atomic mass is 9.99. The summed E-state index contributed by atoms with van der Waals surface area (Å²) in [4.78, 5) is 49.8. The molecule has 0 saturated carbocycles. The fraction of sp³-hybridized carbons (Fsp3) is 0.538. The smallest absolute Gasteiger partial charge is 0.433 e. The largest absolute Gasteiger partial charge is 0.514 e. The number of nitriles is 1. The Bertz CT molecular complexity index is 1120. The van der Waals surface area contributed by atoms with Crippen molar-refractivity contribution >= 4 is 30.0 Å². The van der Waals surface area contributed by atoms with Gasteiger partial charge < -0.3 is 23.8 Å². The van der Waals surface area contributed by atoms with Gasteiger partial charge in [0.05, 0.1) is 18.1 Å². The van der Waals surface area contributed by atoms with Crippen LogP contribution in [-0.2, 0) is 14.3 Å².